The highest BCUT2D eigenvalue weighted by Crippen LogP contribution is 2.40. The third-order valence-corrected chi connectivity index (χ3v) is 7.70. The number of rotatable bonds is 8. The maximum atomic E-state index is 11.9. The van der Waals surface area contributed by atoms with Crippen LogP contribution in [0, 0.1) is 10.8 Å². The highest BCUT2D eigenvalue weighted by molar-refractivity contribution is 5.40. The summed E-state index contributed by atoms with van der Waals surface area (Å²) in [4.78, 5) is 14.5. The molecule has 0 bridgehead atoms. The number of fused-ring (bicyclic) bond motifs is 1. The fourth-order valence-corrected chi connectivity index (χ4v) is 5.68. The Balaban J connectivity index is 1.14. The van der Waals surface area contributed by atoms with Crippen molar-refractivity contribution in [1.29, 1.82) is 0 Å². The molecule has 34 heavy (non-hydrogen) atoms. The fraction of sp³-hybridized carbons (Fsp3) is 0.400. The molecule has 1 aliphatic carbocycles. The molecule has 2 unspecified atom stereocenters. The Morgan fingerprint density at radius 3 is 2.35 bits per heavy atom. The van der Waals surface area contributed by atoms with E-state index in [2.05, 4.69) is 64.7 Å². The molecule has 0 aromatic heterocycles. The van der Waals surface area contributed by atoms with Crippen LogP contribution in [-0.2, 0) is 13.0 Å². The molecule has 176 valence electrons. The van der Waals surface area contributed by atoms with Crippen LogP contribution in [0.5, 0.6) is 5.75 Å². The summed E-state index contributed by atoms with van der Waals surface area (Å²) < 4.78 is 6.01. The number of piperidine rings is 1. The smallest absolute Gasteiger partial charge is 0.120 e. The summed E-state index contributed by atoms with van der Waals surface area (Å²) in [5.74, 6) is 1.88. The van der Waals surface area contributed by atoms with Gasteiger partial charge in [0.2, 0.25) is 0 Å². The quantitative estimate of drug-likeness (QED) is 0.348. The molecule has 0 spiro atoms. The van der Waals surface area contributed by atoms with Crippen molar-refractivity contribution in [1.82, 2.24) is 4.90 Å². The van der Waals surface area contributed by atoms with E-state index >= 15 is 0 Å². The molecule has 1 aliphatic heterocycles. The molecule has 1 heterocycles. The summed E-state index contributed by atoms with van der Waals surface area (Å²) in [7, 11) is 0. The lowest BCUT2D eigenvalue weighted by molar-refractivity contribution is 0.189. The molecule has 3 aromatic carbocycles. The van der Waals surface area contributed by atoms with Gasteiger partial charge in [-0.05, 0) is 98.0 Å². The Bertz CT molecular complexity index is 1060. The topological polar surface area (TPSA) is 41.9 Å². The number of nitrogens with zero attached hydrogens (tertiary/aromatic N) is 2. The van der Waals surface area contributed by atoms with E-state index in [0.717, 1.165) is 55.8 Å². The molecule has 1 saturated heterocycles. The molecular formula is C30H34N2O2. The van der Waals surface area contributed by atoms with E-state index in [1.807, 2.05) is 24.3 Å². The number of hydrogen-bond acceptors (Lipinski definition) is 4. The molecule has 2 atom stereocenters. The van der Waals surface area contributed by atoms with Gasteiger partial charge in [0.25, 0.3) is 0 Å². The lowest BCUT2D eigenvalue weighted by atomic mass is 9.78. The standard InChI is InChI=1S/C30H34N2O2/c33-31-30-26(17-20-32-18-15-25(16-19-32)24-9-5-2-6-10-24)11-12-27-21-28(13-14-29(27)30)34-22-23-7-3-1-4-8-23/h1-10,13-14,21,25-26,30H,11-12,15-20,22H2. The number of aryl methyl sites for hydroxylation is 1. The van der Waals surface area contributed by atoms with E-state index in [9.17, 15) is 4.91 Å². The molecule has 1 fully saturated rings. The summed E-state index contributed by atoms with van der Waals surface area (Å²) in [6, 6.07) is 27.0. The first-order valence-electron chi connectivity index (χ1n) is 12.7. The molecule has 2 aliphatic rings. The van der Waals surface area contributed by atoms with Gasteiger partial charge >= 0.3 is 0 Å². The van der Waals surface area contributed by atoms with Crippen LogP contribution >= 0.6 is 0 Å². The molecule has 5 rings (SSSR count). The van der Waals surface area contributed by atoms with E-state index in [1.54, 1.807) is 0 Å². The number of likely N-dealkylation sites (tertiary alicyclic amines) is 1. The largest absolute Gasteiger partial charge is 0.489 e. The molecule has 4 nitrogen and oxygen atoms in total. The van der Waals surface area contributed by atoms with Crippen molar-refractivity contribution in [3.05, 3.63) is 106 Å². The van der Waals surface area contributed by atoms with Crippen LogP contribution in [-0.4, -0.2) is 24.5 Å². The van der Waals surface area contributed by atoms with E-state index in [-0.39, 0.29) is 6.04 Å². The molecule has 0 N–H and O–H groups in total. The first-order chi connectivity index (χ1) is 16.8. The zero-order valence-corrected chi connectivity index (χ0v) is 19.8. The molecular weight excluding hydrogens is 420 g/mol. The van der Waals surface area contributed by atoms with Gasteiger partial charge in [-0.15, -0.1) is 0 Å². The summed E-state index contributed by atoms with van der Waals surface area (Å²) in [6.45, 7) is 3.90. The minimum atomic E-state index is -0.242. The fourth-order valence-electron chi connectivity index (χ4n) is 5.68. The van der Waals surface area contributed by atoms with Gasteiger partial charge < -0.3 is 9.64 Å². The Morgan fingerprint density at radius 1 is 0.882 bits per heavy atom. The van der Waals surface area contributed by atoms with Crippen LogP contribution in [0.2, 0.25) is 0 Å². The number of hydrogen-bond donors (Lipinski definition) is 0. The SMILES string of the molecule is O=NC1c2ccc(OCc3ccccc3)cc2CCC1CCN1CCC(c2ccccc2)CC1. The predicted molar refractivity (Wildman–Crippen MR) is 137 cm³/mol. The van der Waals surface area contributed by atoms with Crippen molar-refractivity contribution < 1.29 is 4.74 Å². The highest BCUT2D eigenvalue weighted by Gasteiger charge is 2.31. The minimum Gasteiger partial charge on any atom is -0.489 e. The lowest BCUT2D eigenvalue weighted by Gasteiger charge is -2.35. The van der Waals surface area contributed by atoms with Gasteiger partial charge in [-0.25, -0.2) is 0 Å². The van der Waals surface area contributed by atoms with Crippen molar-refractivity contribution in [3.8, 4) is 5.75 Å². The van der Waals surface area contributed by atoms with Gasteiger partial charge in [0, 0.05) is 0 Å². The Labute approximate surface area is 202 Å². The maximum Gasteiger partial charge on any atom is 0.120 e. The predicted octanol–water partition coefficient (Wildman–Crippen LogP) is 6.91. The Hall–Kier alpha value is -2.98. The van der Waals surface area contributed by atoms with Crippen molar-refractivity contribution in [2.75, 3.05) is 19.6 Å². The van der Waals surface area contributed by atoms with Crippen LogP contribution in [0.4, 0.5) is 0 Å². The first kappa shape index (κ1) is 22.8. The second-order valence-corrected chi connectivity index (χ2v) is 9.80. The van der Waals surface area contributed by atoms with Gasteiger partial charge in [0.05, 0.1) is 0 Å². The monoisotopic (exact) mass is 454 g/mol. The lowest BCUT2D eigenvalue weighted by Crippen LogP contribution is -2.35. The average molecular weight is 455 g/mol. The molecule has 0 radical (unpaired) electrons. The van der Waals surface area contributed by atoms with E-state index in [1.165, 1.54) is 24.0 Å². The van der Waals surface area contributed by atoms with E-state index in [4.69, 9.17) is 4.74 Å². The van der Waals surface area contributed by atoms with Crippen LogP contribution < -0.4 is 4.74 Å². The molecule has 0 amide bonds. The van der Waals surface area contributed by atoms with Crippen molar-refractivity contribution in [2.45, 2.75) is 50.7 Å². The third-order valence-electron chi connectivity index (χ3n) is 7.70. The minimum absolute atomic E-state index is 0.242. The highest BCUT2D eigenvalue weighted by atomic mass is 16.5. The van der Waals surface area contributed by atoms with Gasteiger partial charge in [0.15, 0.2) is 0 Å². The van der Waals surface area contributed by atoms with Crippen molar-refractivity contribution >= 4 is 0 Å². The molecule has 0 saturated carbocycles. The van der Waals surface area contributed by atoms with Crippen molar-refractivity contribution in [2.24, 2.45) is 11.1 Å². The van der Waals surface area contributed by atoms with Crippen LogP contribution in [0.1, 0.15) is 59.9 Å². The van der Waals surface area contributed by atoms with Crippen LogP contribution in [0.25, 0.3) is 0 Å². The van der Waals surface area contributed by atoms with Crippen LogP contribution in [0.15, 0.2) is 84.0 Å². The summed E-state index contributed by atoms with van der Waals surface area (Å²) in [6.07, 6.45) is 5.49. The molecule has 3 aromatic rings. The Morgan fingerprint density at radius 2 is 1.62 bits per heavy atom. The second-order valence-electron chi connectivity index (χ2n) is 9.80. The second kappa shape index (κ2) is 11.0. The zero-order valence-electron chi connectivity index (χ0n) is 19.8. The number of ether oxygens (including phenoxy) is 1. The summed E-state index contributed by atoms with van der Waals surface area (Å²) >= 11 is 0. The normalized spacial score (nSPS) is 21.1. The van der Waals surface area contributed by atoms with Gasteiger partial charge in [0.1, 0.15) is 18.4 Å². The van der Waals surface area contributed by atoms with Gasteiger partial charge in [-0.1, -0.05) is 71.9 Å². The Kier molecular flexibility index (Phi) is 7.35. The summed E-state index contributed by atoms with van der Waals surface area (Å²) in [5, 5.41) is 3.60. The van der Waals surface area contributed by atoms with Crippen LogP contribution in [0.3, 0.4) is 0 Å². The zero-order chi connectivity index (χ0) is 23.2. The number of benzene rings is 3. The van der Waals surface area contributed by atoms with Gasteiger partial charge in [-0.2, -0.15) is 4.91 Å². The average Bonchev–Trinajstić information content (AvgIpc) is 2.91. The maximum absolute atomic E-state index is 11.9. The van der Waals surface area contributed by atoms with Crippen molar-refractivity contribution in [3.63, 3.8) is 0 Å². The molecule has 4 heteroatoms. The third kappa shape index (κ3) is 5.39. The van der Waals surface area contributed by atoms with Gasteiger partial charge in [-0.3, -0.25) is 0 Å². The van der Waals surface area contributed by atoms with E-state index in [0.29, 0.717) is 18.4 Å². The first-order valence-corrected chi connectivity index (χ1v) is 12.7. The van der Waals surface area contributed by atoms with E-state index < -0.39 is 0 Å². The summed E-state index contributed by atoms with van der Waals surface area (Å²) in [5.41, 5.74) is 4.94. The number of nitroso groups, excluding NO2 is 1.